The fourth-order valence-electron chi connectivity index (χ4n) is 2.54. The second kappa shape index (κ2) is 6.31. The third-order valence-corrected chi connectivity index (χ3v) is 3.57. The molecule has 0 saturated heterocycles. The zero-order valence-electron chi connectivity index (χ0n) is 13.3. The second-order valence-electron chi connectivity index (χ2n) is 6.24. The molecule has 0 unspecified atom stereocenters. The first-order valence-corrected chi connectivity index (χ1v) is 7.40. The summed E-state index contributed by atoms with van der Waals surface area (Å²) in [7, 11) is 4.03. The number of rotatable bonds is 5. The molecule has 0 bridgehead atoms. The van der Waals surface area contributed by atoms with Crippen LogP contribution in [0.5, 0.6) is 5.75 Å². The molecule has 0 saturated carbocycles. The highest BCUT2D eigenvalue weighted by Crippen LogP contribution is 2.30. The van der Waals surface area contributed by atoms with Gasteiger partial charge >= 0.3 is 0 Å². The van der Waals surface area contributed by atoms with Crippen LogP contribution in [0.4, 0.5) is 0 Å². The van der Waals surface area contributed by atoms with Gasteiger partial charge in [-0.1, -0.05) is 19.9 Å². The molecule has 0 radical (unpaired) electrons. The van der Waals surface area contributed by atoms with E-state index < -0.39 is 0 Å². The third kappa shape index (κ3) is 3.45. The van der Waals surface area contributed by atoms with Crippen molar-refractivity contribution in [3.63, 3.8) is 0 Å². The largest absolute Gasteiger partial charge is 0.507 e. The molecule has 4 heteroatoms. The van der Waals surface area contributed by atoms with Gasteiger partial charge in [0.15, 0.2) is 0 Å². The van der Waals surface area contributed by atoms with Crippen LogP contribution >= 0.6 is 0 Å². The molecule has 0 fully saturated rings. The normalized spacial score (nSPS) is 11.7. The number of nitrogens with zero attached hydrogens (tertiary/aromatic N) is 2. The maximum atomic E-state index is 12.4. The average Bonchev–Trinajstić information content (AvgIpc) is 2.76. The van der Waals surface area contributed by atoms with Gasteiger partial charge in [0.1, 0.15) is 5.75 Å². The van der Waals surface area contributed by atoms with Gasteiger partial charge in [-0.25, -0.2) is 0 Å². The lowest BCUT2D eigenvalue weighted by molar-refractivity contribution is 0.0892. The summed E-state index contributed by atoms with van der Waals surface area (Å²) in [5.41, 5.74) is 1.82. The van der Waals surface area contributed by atoms with Crippen molar-refractivity contribution >= 4 is 16.8 Å². The fourth-order valence-corrected chi connectivity index (χ4v) is 2.54. The van der Waals surface area contributed by atoms with Crippen LogP contribution in [0.15, 0.2) is 24.4 Å². The Kier molecular flexibility index (Phi) is 4.68. The van der Waals surface area contributed by atoms with E-state index in [4.69, 9.17) is 0 Å². The Hall–Kier alpha value is -1.81. The summed E-state index contributed by atoms with van der Waals surface area (Å²) in [6.07, 6.45) is 3.20. The summed E-state index contributed by atoms with van der Waals surface area (Å²) < 4.78 is 1.69. The van der Waals surface area contributed by atoms with E-state index in [1.54, 1.807) is 16.7 Å². The molecule has 2 aromatic rings. The molecule has 1 N–H and O–H groups in total. The molecule has 21 heavy (non-hydrogen) atoms. The minimum atomic E-state index is 0.0803. The Morgan fingerprint density at radius 3 is 2.67 bits per heavy atom. The van der Waals surface area contributed by atoms with Gasteiger partial charge in [0, 0.05) is 24.5 Å². The summed E-state index contributed by atoms with van der Waals surface area (Å²) in [4.78, 5) is 14.5. The summed E-state index contributed by atoms with van der Waals surface area (Å²) in [5, 5.41) is 11.0. The predicted molar refractivity (Wildman–Crippen MR) is 85.9 cm³/mol. The van der Waals surface area contributed by atoms with Crippen LogP contribution in [0.1, 0.15) is 30.6 Å². The molecule has 0 atom stereocenters. The summed E-state index contributed by atoms with van der Waals surface area (Å²) >= 11 is 0. The first-order chi connectivity index (χ1) is 9.90. The smallest absolute Gasteiger partial charge is 0.231 e. The number of phenols is 1. The Bertz CT molecular complexity index is 642. The first-order valence-electron chi connectivity index (χ1n) is 7.40. The Morgan fingerprint density at radius 1 is 1.33 bits per heavy atom. The highest BCUT2D eigenvalue weighted by Gasteiger charge is 2.16. The van der Waals surface area contributed by atoms with Gasteiger partial charge in [0.05, 0.1) is 5.52 Å². The van der Waals surface area contributed by atoms with Crippen molar-refractivity contribution in [3.8, 4) is 5.75 Å². The van der Waals surface area contributed by atoms with E-state index in [1.807, 2.05) is 40.2 Å². The van der Waals surface area contributed by atoms with Gasteiger partial charge in [-0.2, -0.15) is 0 Å². The first kappa shape index (κ1) is 15.6. The number of likely N-dealkylation sites (N-methyl/N-ethyl adjacent to an activating group) is 1. The number of carbonyl (C=O) groups excluding carboxylic acids is 1. The molecule has 1 aromatic carbocycles. The molecule has 1 heterocycles. The van der Waals surface area contributed by atoms with Crippen molar-refractivity contribution in [2.75, 3.05) is 20.6 Å². The number of hydrogen-bond acceptors (Lipinski definition) is 3. The number of aromatic hydroxyl groups is 1. The average molecular weight is 288 g/mol. The molecule has 0 aliphatic rings. The molecule has 2 rings (SSSR count). The van der Waals surface area contributed by atoms with Crippen LogP contribution in [0, 0.1) is 5.92 Å². The highest BCUT2D eigenvalue weighted by molar-refractivity contribution is 5.97. The second-order valence-corrected chi connectivity index (χ2v) is 6.24. The van der Waals surface area contributed by atoms with Crippen molar-refractivity contribution in [1.29, 1.82) is 0 Å². The minimum Gasteiger partial charge on any atom is -0.507 e. The molecule has 1 aromatic heterocycles. The zero-order valence-corrected chi connectivity index (χ0v) is 13.3. The van der Waals surface area contributed by atoms with Crippen LogP contribution in [0.3, 0.4) is 0 Å². The number of aromatic nitrogens is 1. The summed E-state index contributed by atoms with van der Waals surface area (Å²) in [6.45, 7) is 4.95. The van der Waals surface area contributed by atoms with Crippen LogP contribution in [-0.4, -0.2) is 41.1 Å². The number of hydrogen-bond donors (Lipinski definition) is 1. The van der Waals surface area contributed by atoms with E-state index in [1.165, 1.54) is 0 Å². The van der Waals surface area contributed by atoms with Gasteiger partial charge in [-0.15, -0.1) is 0 Å². The number of fused-ring (bicyclic) bond motifs is 1. The third-order valence-electron chi connectivity index (χ3n) is 3.57. The number of carbonyl (C=O) groups is 1. The molecule has 0 aliphatic carbocycles. The highest BCUT2D eigenvalue weighted by atomic mass is 16.3. The van der Waals surface area contributed by atoms with Crippen molar-refractivity contribution in [2.45, 2.75) is 26.7 Å². The van der Waals surface area contributed by atoms with E-state index in [0.29, 0.717) is 12.3 Å². The lowest BCUT2D eigenvalue weighted by atomic mass is 10.1. The Labute approximate surface area is 126 Å². The van der Waals surface area contributed by atoms with Gasteiger partial charge < -0.3 is 10.0 Å². The van der Waals surface area contributed by atoms with Gasteiger partial charge in [0.25, 0.3) is 0 Å². The molecule has 4 nitrogen and oxygen atoms in total. The monoisotopic (exact) mass is 288 g/mol. The topological polar surface area (TPSA) is 45.5 Å². The lowest BCUT2D eigenvalue weighted by Crippen LogP contribution is -2.15. The van der Waals surface area contributed by atoms with Crippen molar-refractivity contribution in [2.24, 2.45) is 5.92 Å². The van der Waals surface area contributed by atoms with E-state index in [2.05, 4.69) is 4.90 Å². The van der Waals surface area contributed by atoms with Crippen LogP contribution in [0.2, 0.25) is 0 Å². The Morgan fingerprint density at radius 2 is 2.05 bits per heavy atom. The maximum absolute atomic E-state index is 12.4. The van der Waals surface area contributed by atoms with E-state index >= 15 is 0 Å². The molecular formula is C17H24N2O2. The van der Waals surface area contributed by atoms with E-state index in [-0.39, 0.29) is 11.7 Å². The van der Waals surface area contributed by atoms with Gasteiger partial charge in [-0.3, -0.25) is 9.36 Å². The van der Waals surface area contributed by atoms with Crippen LogP contribution in [0.25, 0.3) is 10.9 Å². The fraction of sp³-hybridized carbons (Fsp3) is 0.471. The maximum Gasteiger partial charge on any atom is 0.231 e. The molecule has 0 spiro atoms. The van der Waals surface area contributed by atoms with E-state index in [9.17, 15) is 9.90 Å². The summed E-state index contributed by atoms with van der Waals surface area (Å²) in [5.74, 6) is 0.645. The number of benzene rings is 1. The van der Waals surface area contributed by atoms with Crippen molar-refractivity contribution < 1.29 is 9.90 Å². The zero-order chi connectivity index (χ0) is 15.6. The number of phenolic OH excluding ortho intramolecular Hbond substituents is 1. The SMILES string of the molecule is CC(C)CC(=O)n1cc(CCN(C)C)c2c(O)cccc21. The quantitative estimate of drug-likeness (QED) is 0.919. The predicted octanol–water partition coefficient (Wildman–Crippen LogP) is 3.14. The van der Waals surface area contributed by atoms with Crippen molar-refractivity contribution in [1.82, 2.24) is 9.47 Å². The standard InChI is InChI=1S/C17H24N2O2/c1-12(2)10-16(21)19-11-13(8-9-18(3)4)17-14(19)6-5-7-15(17)20/h5-7,11-12,20H,8-10H2,1-4H3. The van der Waals surface area contributed by atoms with E-state index in [0.717, 1.165) is 29.4 Å². The molecular weight excluding hydrogens is 264 g/mol. The van der Waals surface area contributed by atoms with Crippen molar-refractivity contribution in [3.05, 3.63) is 30.0 Å². The van der Waals surface area contributed by atoms with Gasteiger partial charge in [0.2, 0.25) is 5.91 Å². The minimum absolute atomic E-state index is 0.0803. The molecule has 114 valence electrons. The van der Waals surface area contributed by atoms with Crippen LogP contribution < -0.4 is 0 Å². The van der Waals surface area contributed by atoms with Crippen LogP contribution in [-0.2, 0) is 6.42 Å². The van der Waals surface area contributed by atoms with Gasteiger partial charge in [-0.05, 0) is 44.1 Å². The molecule has 0 amide bonds. The molecule has 0 aliphatic heterocycles. The summed E-state index contributed by atoms with van der Waals surface area (Å²) in [6, 6.07) is 5.36. The Balaban J connectivity index is 2.47. The lowest BCUT2D eigenvalue weighted by Gasteiger charge is -2.08.